The first kappa shape index (κ1) is 48.3. The van der Waals surface area contributed by atoms with Crippen LogP contribution in [0.15, 0.2) is 24.3 Å². The second kappa shape index (κ2) is 25.4. The summed E-state index contributed by atoms with van der Waals surface area (Å²) in [7, 11) is 1.63. The highest BCUT2D eigenvalue weighted by atomic mass is 16.5. The van der Waals surface area contributed by atoms with Crippen LogP contribution in [-0.4, -0.2) is 110 Å². The monoisotopic (exact) mass is 813 g/mol. The molecule has 1 saturated carbocycles. The Morgan fingerprint density at radius 3 is 2.07 bits per heavy atom. The van der Waals surface area contributed by atoms with Crippen LogP contribution in [0.4, 0.5) is 0 Å². The van der Waals surface area contributed by atoms with Crippen LogP contribution in [-0.2, 0) is 35.1 Å². The van der Waals surface area contributed by atoms with E-state index >= 15 is 0 Å². The molecule has 58 heavy (non-hydrogen) atoms. The Morgan fingerprint density at radius 2 is 1.45 bits per heavy atom. The lowest BCUT2D eigenvalue weighted by molar-refractivity contribution is -0.147. The van der Waals surface area contributed by atoms with Gasteiger partial charge in [0.25, 0.3) is 5.91 Å². The Hall–Kier alpha value is -4.08. The minimum atomic E-state index is -1.26. The van der Waals surface area contributed by atoms with Gasteiger partial charge < -0.3 is 47.7 Å². The highest BCUT2D eigenvalue weighted by Crippen LogP contribution is 2.27. The molecule has 1 heterocycles. The number of nitrogens with two attached hydrogens (primary N) is 2. The molecule has 7 atom stereocenters. The summed E-state index contributed by atoms with van der Waals surface area (Å²) in [5.74, 6) is -3.82. The van der Waals surface area contributed by atoms with Crippen molar-refractivity contribution in [1.29, 1.82) is 0 Å². The Morgan fingerprint density at radius 1 is 0.793 bits per heavy atom. The predicted octanol–water partition coefficient (Wildman–Crippen LogP) is 2.44. The Labute approximate surface area is 345 Å². The maximum Gasteiger partial charge on any atom is 0.251 e. The summed E-state index contributed by atoms with van der Waals surface area (Å²) in [6, 6.07) is 2.06. The Kier molecular flexibility index (Phi) is 21.2. The highest BCUT2D eigenvalue weighted by Gasteiger charge is 2.38. The number of nitrogens with zero attached hydrogens (tertiary/aromatic N) is 1. The molecule has 6 amide bonds. The van der Waals surface area contributed by atoms with Crippen molar-refractivity contribution in [3.05, 3.63) is 35.4 Å². The zero-order valence-electron chi connectivity index (χ0n) is 35.6. The molecule has 0 spiro atoms. The molecular formula is C43H72N8O7. The maximum atomic E-state index is 14.2. The van der Waals surface area contributed by atoms with Gasteiger partial charge in [-0.1, -0.05) is 90.7 Å². The molecule has 1 saturated heterocycles. The molecule has 0 bridgehead atoms. The normalized spacial score (nSPS) is 26.6. The van der Waals surface area contributed by atoms with E-state index in [1.807, 2.05) is 26.0 Å². The molecule has 0 aromatic heterocycles. The van der Waals surface area contributed by atoms with Gasteiger partial charge in [0.1, 0.15) is 24.2 Å². The molecule has 326 valence electrons. The van der Waals surface area contributed by atoms with Crippen molar-refractivity contribution in [2.45, 2.75) is 154 Å². The van der Waals surface area contributed by atoms with E-state index in [0.717, 1.165) is 56.9 Å². The molecule has 9 N–H and O–H groups in total. The first-order valence-electron chi connectivity index (χ1n) is 21.7. The standard InChI is InChI=1S/C43H72N8O7/c1-6-8-9-14-18-36-29(4)43(57)51(5)35(15-7-2)41(55)50-37(31-16-12-10-11-13-17-31)42(56)48-33(25-45)39(53)49-34(40(54)47-28(3)27-58-36)26-46-38(52)32-21-19-30(20-22-32)23-24-44/h19-22,28-29,31,33-37H,6-18,23-27,44-45H2,1-5H3,(H,46,52)(H,47,54)(H,48,56)(H,49,53)(H,50,55)/t28-,29-,33+,34+,35+,36-,37+/m1/s1. The molecule has 2 fully saturated rings. The van der Waals surface area contributed by atoms with E-state index in [0.29, 0.717) is 50.6 Å². The largest absolute Gasteiger partial charge is 0.375 e. The molecule has 15 nitrogen and oxygen atoms in total. The van der Waals surface area contributed by atoms with Crippen LogP contribution in [0.3, 0.4) is 0 Å². The number of hydrogen-bond donors (Lipinski definition) is 7. The number of amides is 6. The van der Waals surface area contributed by atoms with Gasteiger partial charge in [-0.15, -0.1) is 0 Å². The van der Waals surface area contributed by atoms with Crippen molar-refractivity contribution < 1.29 is 33.5 Å². The first-order valence-corrected chi connectivity index (χ1v) is 21.7. The van der Waals surface area contributed by atoms with Gasteiger partial charge in [0.2, 0.25) is 29.5 Å². The van der Waals surface area contributed by atoms with Crippen LogP contribution in [0.25, 0.3) is 0 Å². The van der Waals surface area contributed by atoms with Crippen LogP contribution < -0.4 is 38.1 Å². The summed E-state index contributed by atoms with van der Waals surface area (Å²) >= 11 is 0. The average molecular weight is 813 g/mol. The van der Waals surface area contributed by atoms with Gasteiger partial charge in [0, 0.05) is 31.7 Å². The average Bonchev–Trinajstić information content (AvgIpc) is 3.50. The van der Waals surface area contributed by atoms with Gasteiger partial charge in [-0.25, -0.2) is 0 Å². The van der Waals surface area contributed by atoms with Crippen molar-refractivity contribution in [3.8, 4) is 0 Å². The number of ether oxygens (including phenoxy) is 1. The predicted molar refractivity (Wildman–Crippen MR) is 224 cm³/mol. The molecule has 0 radical (unpaired) electrons. The number of hydrogen-bond acceptors (Lipinski definition) is 9. The number of unbranched alkanes of at least 4 members (excludes halogenated alkanes) is 3. The van der Waals surface area contributed by atoms with Gasteiger partial charge in [0.05, 0.1) is 18.6 Å². The van der Waals surface area contributed by atoms with E-state index in [4.69, 9.17) is 16.2 Å². The molecule has 0 unspecified atom stereocenters. The fourth-order valence-corrected chi connectivity index (χ4v) is 7.86. The molecule has 2 aliphatic rings. The lowest BCUT2D eigenvalue weighted by atomic mass is 9.90. The number of carbonyl (C=O) groups excluding carboxylic acids is 6. The van der Waals surface area contributed by atoms with Crippen molar-refractivity contribution in [3.63, 3.8) is 0 Å². The van der Waals surface area contributed by atoms with Gasteiger partial charge in [-0.05, 0) is 69.2 Å². The van der Waals surface area contributed by atoms with E-state index in [9.17, 15) is 28.8 Å². The van der Waals surface area contributed by atoms with Crippen molar-refractivity contribution >= 4 is 35.4 Å². The van der Waals surface area contributed by atoms with Crippen LogP contribution in [0.5, 0.6) is 0 Å². The summed E-state index contributed by atoms with van der Waals surface area (Å²) in [5, 5.41) is 14.1. The third-order valence-electron chi connectivity index (χ3n) is 11.5. The SMILES string of the molecule is CCCCCC[C@H]1OC[C@@H](C)NC(=O)[C@H](CNC(=O)c2ccc(CCN)cc2)NC(=O)[C@H](CN)NC(=O)[C@H](C2CCCCCC2)NC(=O)[C@H](CCC)N(C)C(=O)[C@@H]1C. The number of benzene rings is 1. The lowest BCUT2D eigenvalue weighted by Gasteiger charge is -2.34. The zero-order valence-corrected chi connectivity index (χ0v) is 35.6. The molecule has 15 heteroatoms. The van der Waals surface area contributed by atoms with Crippen molar-refractivity contribution in [1.82, 2.24) is 31.5 Å². The topological polar surface area (TPSA) is 227 Å². The summed E-state index contributed by atoms with van der Waals surface area (Å²) in [6.45, 7) is 7.61. The summed E-state index contributed by atoms with van der Waals surface area (Å²) < 4.78 is 6.40. The Balaban J connectivity index is 1.99. The third kappa shape index (κ3) is 14.9. The Bertz CT molecular complexity index is 1470. The van der Waals surface area contributed by atoms with E-state index in [2.05, 4.69) is 33.5 Å². The molecule has 1 aliphatic carbocycles. The summed E-state index contributed by atoms with van der Waals surface area (Å²) in [4.78, 5) is 85.0. The number of carbonyl (C=O) groups is 6. The maximum absolute atomic E-state index is 14.2. The van der Waals surface area contributed by atoms with Gasteiger partial charge in [-0.3, -0.25) is 28.8 Å². The van der Waals surface area contributed by atoms with Gasteiger partial charge in [0.15, 0.2) is 0 Å². The number of rotatable bonds is 14. The fraction of sp³-hybridized carbons (Fsp3) is 0.721. The van der Waals surface area contributed by atoms with Crippen LogP contribution in [0.1, 0.15) is 127 Å². The van der Waals surface area contributed by atoms with Crippen LogP contribution >= 0.6 is 0 Å². The van der Waals surface area contributed by atoms with E-state index in [1.54, 1.807) is 26.1 Å². The smallest absolute Gasteiger partial charge is 0.251 e. The number of nitrogens with one attached hydrogen (secondary N) is 5. The second-order valence-electron chi connectivity index (χ2n) is 16.2. The summed E-state index contributed by atoms with van der Waals surface area (Å²) in [5.41, 5.74) is 13.1. The second-order valence-corrected chi connectivity index (χ2v) is 16.2. The highest BCUT2D eigenvalue weighted by molar-refractivity contribution is 5.97. The molecule has 3 rings (SSSR count). The number of likely N-dealkylation sites (N-methyl/N-ethyl adjacent to an activating group) is 1. The molecule has 1 aromatic rings. The van der Waals surface area contributed by atoms with E-state index < -0.39 is 71.8 Å². The molecule has 1 aromatic carbocycles. The van der Waals surface area contributed by atoms with Crippen molar-refractivity contribution in [2.75, 3.05) is 33.3 Å². The van der Waals surface area contributed by atoms with Crippen LogP contribution in [0, 0.1) is 11.8 Å². The quantitative estimate of drug-likeness (QED) is 0.108. The first-order chi connectivity index (χ1) is 27.8. The third-order valence-corrected chi connectivity index (χ3v) is 11.5. The minimum Gasteiger partial charge on any atom is -0.375 e. The van der Waals surface area contributed by atoms with Crippen LogP contribution in [0.2, 0.25) is 0 Å². The van der Waals surface area contributed by atoms with Crippen molar-refractivity contribution in [2.24, 2.45) is 23.3 Å². The zero-order chi connectivity index (χ0) is 42.6. The van der Waals surface area contributed by atoms with Gasteiger partial charge >= 0.3 is 0 Å². The van der Waals surface area contributed by atoms with E-state index in [1.165, 1.54) is 4.90 Å². The van der Waals surface area contributed by atoms with Gasteiger partial charge in [-0.2, -0.15) is 0 Å². The summed E-state index contributed by atoms with van der Waals surface area (Å²) in [6.07, 6.45) is 10.9. The molecule has 1 aliphatic heterocycles. The minimum absolute atomic E-state index is 0.0666. The van der Waals surface area contributed by atoms with E-state index in [-0.39, 0.29) is 31.5 Å². The fourth-order valence-electron chi connectivity index (χ4n) is 7.86. The lowest BCUT2D eigenvalue weighted by Crippen LogP contribution is -2.62. The molecular weight excluding hydrogens is 741 g/mol.